The number of nitrogens with two attached hydrogens (primary N) is 1. The fourth-order valence-electron chi connectivity index (χ4n) is 0.738. The molecule has 1 heterocycles. The molecule has 5 heteroatoms. The quantitative estimate of drug-likeness (QED) is 0.617. The number of aliphatic carboxylic acids is 1. The van der Waals surface area contributed by atoms with Crippen LogP contribution >= 0.6 is 0 Å². The Hall–Kier alpha value is -0.970. The zero-order valence-electron chi connectivity index (χ0n) is 6.32. The van der Waals surface area contributed by atoms with Crippen LogP contribution in [0, 0.1) is 0 Å². The van der Waals surface area contributed by atoms with Gasteiger partial charge in [-0.05, 0) is 19.8 Å². The van der Waals surface area contributed by atoms with Gasteiger partial charge in [0.15, 0.2) is 5.66 Å². The lowest BCUT2D eigenvalue weighted by Gasteiger charge is -2.06. The number of carbonyl (C=O) groups is 1. The fraction of sp³-hybridized carbons (Fsp3) is 0.833. The van der Waals surface area contributed by atoms with Gasteiger partial charge in [0.2, 0.25) is 0 Å². The minimum Gasteiger partial charge on any atom is -0.480 e. The maximum absolute atomic E-state index is 10.3. The van der Waals surface area contributed by atoms with E-state index in [1.807, 2.05) is 6.92 Å². The molecule has 1 aliphatic rings. The molecule has 1 aliphatic heterocycles. The van der Waals surface area contributed by atoms with Crippen LogP contribution in [0.2, 0.25) is 0 Å². The molecule has 0 spiro atoms. The van der Waals surface area contributed by atoms with Crippen molar-refractivity contribution < 1.29 is 9.90 Å². The molecule has 11 heavy (non-hydrogen) atoms. The van der Waals surface area contributed by atoms with Crippen molar-refractivity contribution in [3.8, 4) is 0 Å². The Labute approximate surface area is 64.3 Å². The summed E-state index contributed by atoms with van der Waals surface area (Å²) in [6.07, 6.45) is 1.05. The monoisotopic (exact) mass is 157 g/mol. The molecule has 62 valence electrons. The third kappa shape index (κ3) is 2.27. The van der Waals surface area contributed by atoms with Crippen molar-refractivity contribution in [3.05, 3.63) is 0 Å². The van der Waals surface area contributed by atoms with E-state index in [1.165, 1.54) is 0 Å². The molecule has 0 aromatic rings. The second-order valence-corrected chi connectivity index (χ2v) is 2.90. The molecule has 3 N–H and O–H groups in total. The number of hydrogen-bond donors (Lipinski definition) is 2. The van der Waals surface area contributed by atoms with Crippen molar-refractivity contribution >= 4 is 5.97 Å². The largest absolute Gasteiger partial charge is 0.480 e. The van der Waals surface area contributed by atoms with Crippen molar-refractivity contribution in [1.29, 1.82) is 0 Å². The summed E-state index contributed by atoms with van der Waals surface area (Å²) >= 11 is 0. The predicted molar refractivity (Wildman–Crippen MR) is 38.1 cm³/mol. The van der Waals surface area contributed by atoms with Gasteiger partial charge in [0.05, 0.1) is 0 Å². The summed E-state index contributed by atoms with van der Waals surface area (Å²) < 4.78 is 0. The summed E-state index contributed by atoms with van der Waals surface area (Å²) in [5.41, 5.74) is 4.94. The molecule has 0 saturated carbocycles. The Morgan fingerprint density at radius 1 is 1.73 bits per heavy atom. The zero-order valence-corrected chi connectivity index (χ0v) is 6.32. The SMILES string of the molecule is CC1(CC[C@H](N)C(=O)O)N=N1. The van der Waals surface area contributed by atoms with E-state index in [2.05, 4.69) is 10.2 Å². The number of carboxylic acid groups (broad SMARTS) is 1. The summed E-state index contributed by atoms with van der Waals surface area (Å²) in [6.45, 7) is 1.85. The van der Waals surface area contributed by atoms with Crippen LogP contribution in [0.5, 0.6) is 0 Å². The third-order valence-corrected chi connectivity index (χ3v) is 1.69. The van der Waals surface area contributed by atoms with Gasteiger partial charge in [-0.25, -0.2) is 0 Å². The molecular weight excluding hydrogens is 146 g/mol. The van der Waals surface area contributed by atoms with E-state index >= 15 is 0 Å². The van der Waals surface area contributed by atoms with Gasteiger partial charge in [-0.3, -0.25) is 4.79 Å². The minimum absolute atomic E-state index is 0.326. The van der Waals surface area contributed by atoms with Crippen molar-refractivity contribution in [2.75, 3.05) is 0 Å². The molecule has 0 unspecified atom stereocenters. The lowest BCUT2D eigenvalue weighted by atomic mass is 10.1. The second kappa shape index (κ2) is 2.58. The molecule has 0 aliphatic carbocycles. The Kier molecular flexibility index (Phi) is 1.90. The topological polar surface area (TPSA) is 88.0 Å². The van der Waals surface area contributed by atoms with Gasteiger partial charge < -0.3 is 10.8 Å². The summed E-state index contributed by atoms with van der Waals surface area (Å²) in [7, 11) is 0. The molecule has 1 rings (SSSR count). The number of hydrogen-bond acceptors (Lipinski definition) is 4. The first kappa shape index (κ1) is 8.13. The molecular formula is C6H11N3O2. The molecule has 0 aromatic carbocycles. The van der Waals surface area contributed by atoms with E-state index in [9.17, 15) is 4.79 Å². The summed E-state index contributed by atoms with van der Waals surface area (Å²) in [5, 5.41) is 15.9. The lowest BCUT2D eigenvalue weighted by molar-refractivity contribution is -0.138. The van der Waals surface area contributed by atoms with Crippen LogP contribution in [0.25, 0.3) is 0 Å². The van der Waals surface area contributed by atoms with Crippen molar-refractivity contribution in [3.63, 3.8) is 0 Å². The highest BCUT2D eigenvalue weighted by atomic mass is 16.4. The lowest BCUT2D eigenvalue weighted by Crippen LogP contribution is -2.31. The molecule has 0 saturated heterocycles. The fourth-order valence-corrected chi connectivity index (χ4v) is 0.738. The van der Waals surface area contributed by atoms with E-state index in [-0.39, 0.29) is 5.66 Å². The van der Waals surface area contributed by atoms with Gasteiger partial charge in [-0.1, -0.05) is 0 Å². The van der Waals surface area contributed by atoms with Gasteiger partial charge >= 0.3 is 5.97 Å². The Balaban J connectivity index is 2.17. The van der Waals surface area contributed by atoms with Crippen LogP contribution in [-0.2, 0) is 4.79 Å². The first-order chi connectivity index (χ1) is 5.03. The van der Waals surface area contributed by atoms with Gasteiger partial charge in [-0.15, -0.1) is 0 Å². The van der Waals surface area contributed by atoms with Gasteiger partial charge in [0.1, 0.15) is 6.04 Å². The molecule has 0 amide bonds. The number of nitrogens with zero attached hydrogens (tertiary/aromatic N) is 2. The summed E-state index contributed by atoms with van der Waals surface area (Å²) in [5.74, 6) is -0.964. The van der Waals surface area contributed by atoms with Crippen molar-refractivity contribution in [2.45, 2.75) is 31.5 Å². The van der Waals surface area contributed by atoms with Gasteiger partial charge in [0, 0.05) is 0 Å². The average molecular weight is 157 g/mol. The molecule has 5 nitrogen and oxygen atoms in total. The highest BCUT2D eigenvalue weighted by Crippen LogP contribution is 2.32. The molecule has 0 radical (unpaired) electrons. The van der Waals surface area contributed by atoms with Crippen LogP contribution in [0.15, 0.2) is 10.2 Å². The van der Waals surface area contributed by atoms with E-state index in [1.54, 1.807) is 0 Å². The van der Waals surface area contributed by atoms with E-state index in [4.69, 9.17) is 10.8 Å². The van der Waals surface area contributed by atoms with Gasteiger partial charge in [0.25, 0.3) is 0 Å². The van der Waals surface area contributed by atoms with E-state index in [0.717, 1.165) is 0 Å². The van der Waals surface area contributed by atoms with Gasteiger partial charge in [-0.2, -0.15) is 10.2 Å². The minimum atomic E-state index is -0.964. The Bertz CT molecular complexity index is 196. The van der Waals surface area contributed by atoms with Crippen LogP contribution in [0.4, 0.5) is 0 Å². The third-order valence-electron chi connectivity index (χ3n) is 1.69. The Morgan fingerprint density at radius 3 is 2.64 bits per heavy atom. The zero-order chi connectivity index (χ0) is 8.48. The molecule has 1 atom stereocenters. The maximum atomic E-state index is 10.3. The standard InChI is InChI=1S/C6H11N3O2/c1-6(8-9-6)3-2-4(7)5(10)11/h4H,2-3,7H2,1H3,(H,10,11)/t4-/m0/s1. The highest BCUT2D eigenvalue weighted by Gasteiger charge is 2.34. The first-order valence-electron chi connectivity index (χ1n) is 3.46. The number of rotatable bonds is 4. The summed E-state index contributed by atoms with van der Waals surface area (Å²) in [6, 6.07) is -0.780. The average Bonchev–Trinajstić information content (AvgIpc) is 2.64. The predicted octanol–water partition coefficient (Wildman–Crippen LogP) is 0.361. The van der Waals surface area contributed by atoms with Crippen LogP contribution in [0.3, 0.4) is 0 Å². The second-order valence-electron chi connectivity index (χ2n) is 2.90. The van der Waals surface area contributed by atoms with E-state index < -0.39 is 12.0 Å². The normalized spacial score (nSPS) is 21.3. The van der Waals surface area contributed by atoms with Crippen LogP contribution in [0.1, 0.15) is 19.8 Å². The Morgan fingerprint density at radius 2 is 2.27 bits per heavy atom. The van der Waals surface area contributed by atoms with Crippen molar-refractivity contribution in [2.24, 2.45) is 16.0 Å². The first-order valence-corrected chi connectivity index (χ1v) is 3.46. The highest BCUT2D eigenvalue weighted by molar-refractivity contribution is 5.72. The van der Waals surface area contributed by atoms with Crippen molar-refractivity contribution in [1.82, 2.24) is 0 Å². The molecule has 0 aromatic heterocycles. The molecule has 0 bridgehead atoms. The smallest absolute Gasteiger partial charge is 0.320 e. The van der Waals surface area contributed by atoms with E-state index in [0.29, 0.717) is 12.8 Å². The number of carboxylic acids is 1. The summed E-state index contributed by atoms with van der Waals surface area (Å²) in [4.78, 5) is 10.3. The molecule has 0 fully saturated rings. The van der Waals surface area contributed by atoms with Crippen LogP contribution < -0.4 is 5.73 Å². The van der Waals surface area contributed by atoms with Crippen LogP contribution in [-0.4, -0.2) is 22.8 Å². The maximum Gasteiger partial charge on any atom is 0.320 e.